The van der Waals surface area contributed by atoms with Gasteiger partial charge in [0.05, 0.1) is 0 Å². The van der Waals surface area contributed by atoms with Gasteiger partial charge in [0, 0.05) is 6.54 Å². The third kappa shape index (κ3) is 1.75. The van der Waals surface area contributed by atoms with E-state index in [0.29, 0.717) is 11.7 Å². The van der Waals surface area contributed by atoms with Crippen molar-refractivity contribution in [3.05, 3.63) is 29.3 Å². The maximum atomic E-state index is 9.61. The van der Waals surface area contributed by atoms with Crippen molar-refractivity contribution in [1.82, 2.24) is 5.32 Å². The van der Waals surface area contributed by atoms with E-state index in [4.69, 9.17) is 0 Å². The van der Waals surface area contributed by atoms with Gasteiger partial charge in [-0.3, -0.25) is 0 Å². The van der Waals surface area contributed by atoms with Crippen LogP contribution in [0, 0.1) is 6.92 Å². The van der Waals surface area contributed by atoms with Crippen LogP contribution in [0.1, 0.15) is 29.9 Å². The lowest BCUT2D eigenvalue weighted by Crippen LogP contribution is -2.28. The molecule has 1 aromatic carbocycles. The lowest BCUT2D eigenvalue weighted by atomic mass is 9.88. The second-order valence-corrected chi connectivity index (χ2v) is 4.03. The number of benzene rings is 1. The molecule has 0 spiro atoms. The third-order valence-corrected chi connectivity index (χ3v) is 3.08. The highest BCUT2D eigenvalue weighted by Crippen LogP contribution is 2.29. The van der Waals surface area contributed by atoms with Crippen molar-refractivity contribution in [2.75, 3.05) is 13.1 Å². The van der Waals surface area contributed by atoms with Gasteiger partial charge in [-0.1, -0.05) is 12.1 Å². The first-order valence-corrected chi connectivity index (χ1v) is 5.28. The fourth-order valence-electron chi connectivity index (χ4n) is 2.20. The Morgan fingerprint density at radius 1 is 1.43 bits per heavy atom. The number of hydrogen-bond donors (Lipinski definition) is 2. The van der Waals surface area contributed by atoms with Gasteiger partial charge in [-0.25, -0.2) is 0 Å². The molecule has 0 aromatic heterocycles. The zero-order valence-corrected chi connectivity index (χ0v) is 8.59. The molecule has 1 atom stereocenters. The van der Waals surface area contributed by atoms with Crippen LogP contribution in [0.4, 0.5) is 0 Å². The molecule has 1 unspecified atom stereocenters. The number of rotatable bonds is 1. The summed E-state index contributed by atoms with van der Waals surface area (Å²) in [4.78, 5) is 0. The summed E-state index contributed by atoms with van der Waals surface area (Å²) in [6, 6.07) is 5.83. The Labute approximate surface area is 85.0 Å². The molecular weight excluding hydrogens is 174 g/mol. The summed E-state index contributed by atoms with van der Waals surface area (Å²) in [5.74, 6) is 1.00. The highest BCUT2D eigenvalue weighted by Gasteiger charge is 2.17. The summed E-state index contributed by atoms with van der Waals surface area (Å²) in [7, 11) is 0. The van der Waals surface area contributed by atoms with E-state index in [1.165, 1.54) is 18.4 Å². The number of hydrogen-bond acceptors (Lipinski definition) is 2. The topological polar surface area (TPSA) is 32.3 Å². The average Bonchev–Trinajstić information content (AvgIpc) is 2.23. The van der Waals surface area contributed by atoms with Crippen molar-refractivity contribution in [1.29, 1.82) is 0 Å². The first-order chi connectivity index (χ1) is 6.79. The van der Waals surface area contributed by atoms with E-state index < -0.39 is 0 Å². The summed E-state index contributed by atoms with van der Waals surface area (Å²) >= 11 is 0. The quantitative estimate of drug-likeness (QED) is 0.713. The Morgan fingerprint density at radius 3 is 3.00 bits per heavy atom. The van der Waals surface area contributed by atoms with Gasteiger partial charge in [-0.15, -0.1) is 0 Å². The number of piperidine rings is 1. The van der Waals surface area contributed by atoms with E-state index in [1.54, 1.807) is 6.07 Å². The molecule has 0 bridgehead atoms. The lowest BCUT2D eigenvalue weighted by Gasteiger charge is -2.24. The van der Waals surface area contributed by atoms with Gasteiger partial charge in [0.1, 0.15) is 5.75 Å². The Hall–Kier alpha value is -1.02. The second kappa shape index (κ2) is 4.01. The van der Waals surface area contributed by atoms with Crippen molar-refractivity contribution in [3.8, 4) is 5.75 Å². The van der Waals surface area contributed by atoms with E-state index in [2.05, 4.69) is 11.4 Å². The zero-order valence-electron chi connectivity index (χ0n) is 8.59. The van der Waals surface area contributed by atoms with Crippen molar-refractivity contribution < 1.29 is 5.11 Å². The summed E-state index contributed by atoms with van der Waals surface area (Å²) in [5.41, 5.74) is 2.35. The predicted octanol–water partition coefficient (Wildman–Crippen LogP) is 2.17. The molecule has 14 heavy (non-hydrogen) atoms. The van der Waals surface area contributed by atoms with Crippen LogP contribution >= 0.6 is 0 Å². The van der Waals surface area contributed by atoms with E-state index in [9.17, 15) is 5.11 Å². The first-order valence-electron chi connectivity index (χ1n) is 5.28. The van der Waals surface area contributed by atoms with Crippen molar-refractivity contribution in [2.24, 2.45) is 0 Å². The molecule has 76 valence electrons. The largest absolute Gasteiger partial charge is 0.508 e. The van der Waals surface area contributed by atoms with Crippen LogP contribution in [-0.4, -0.2) is 18.2 Å². The molecule has 1 aliphatic rings. The number of phenolic OH excluding ortho intramolecular Hbond substituents is 1. The van der Waals surface area contributed by atoms with Gasteiger partial charge in [0.15, 0.2) is 0 Å². The highest BCUT2D eigenvalue weighted by atomic mass is 16.3. The van der Waals surface area contributed by atoms with Crippen LogP contribution in [-0.2, 0) is 0 Å². The molecule has 1 aromatic rings. The fourth-order valence-corrected chi connectivity index (χ4v) is 2.20. The fraction of sp³-hybridized carbons (Fsp3) is 0.500. The van der Waals surface area contributed by atoms with Crippen LogP contribution in [0.2, 0.25) is 0 Å². The van der Waals surface area contributed by atoms with E-state index >= 15 is 0 Å². The first kappa shape index (κ1) is 9.53. The third-order valence-electron chi connectivity index (χ3n) is 3.08. The summed E-state index contributed by atoms with van der Waals surface area (Å²) < 4.78 is 0. The Bertz CT molecular complexity index is 316. The van der Waals surface area contributed by atoms with Crippen LogP contribution in [0.3, 0.4) is 0 Å². The molecule has 1 heterocycles. The standard InChI is InChI=1S/C12H17NO/c1-9-11(5-2-6-12(9)14)10-4-3-7-13-8-10/h2,5-6,10,13-14H,3-4,7-8H2,1H3. The summed E-state index contributed by atoms with van der Waals surface area (Å²) in [6.45, 7) is 4.18. The minimum absolute atomic E-state index is 0.424. The maximum absolute atomic E-state index is 9.61. The van der Waals surface area contributed by atoms with Crippen molar-refractivity contribution in [3.63, 3.8) is 0 Å². The van der Waals surface area contributed by atoms with E-state index in [1.807, 2.05) is 13.0 Å². The van der Waals surface area contributed by atoms with Crippen molar-refractivity contribution in [2.45, 2.75) is 25.7 Å². The molecule has 1 fully saturated rings. The molecular formula is C12H17NO. The lowest BCUT2D eigenvalue weighted by molar-refractivity contribution is 0.448. The van der Waals surface area contributed by atoms with E-state index in [-0.39, 0.29) is 0 Å². The number of phenols is 1. The van der Waals surface area contributed by atoms with Crippen molar-refractivity contribution >= 4 is 0 Å². The molecule has 0 saturated carbocycles. The zero-order chi connectivity index (χ0) is 9.97. The molecule has 1 aliphatic heterocycles. The minimum Gasteiger partial charge on any atom is -0.508 e. The van der Waals surface area contributed by atoms with Crippen LogP contribution < -0.4 is 5.32 Å². The average molecular weight is 191 g/mol. The predicted molar refractivity (Wildman–Crippen MR) is 57.7 cm³/mol. The Balaban J connectivity index is 2.26. The Morgan fingerprint density at radius 2 is 2.29 bits per heavy atom. The number of nitrogens with one attached hydrogen (secondary N) is 1. The summed E-state index contributed by atoms with van der Waals surface area (Å²) in [5, 5.41) is 13.0. The SMILES string of the molecule is Cc1c(O)cccc1C1CCCNC1. The molecule has 0 radical (unpaired) electrons. The molecule has 2 rings (SSSR count). The normalized spacial score (nSPS) is 22.2. The van der Waals surface area contributed by atoms with E-state index in [0.717, 1.165) is 18.7 Å². The maximum Gasteiger partial charge on any atom is 0.118 e. The van der Waals surface area contributed by atoms with Gasteiger partial charge < -0.3 is 10.4 Å². The van der Waals surface area contributed by atoms with Crippen LogP contribution in [0.5, 0.6) is 5.75 Å². The number of aromatic hydroxyl groups is 1. The molecule has 0 aliphatic carbocycles. The molecule has 0 amide bonds. The molecule has 2 nitrogen and oxygen atoms in total. The molecule has 2 heteroatoms. The van der Waals surface area contributed by atoms with Gasteiger partial charge in [0.2, 0.25) is 0 Å². The second-order valence-electron chi connectivity index (χ2n) is 4.03. The highest BCUT2D eigenvalue weighted by molar-refractivity contribution is 5.40. The summed E-state index contributed by atoms with van der Waals surface area (Å²) in [6.07, 6.45) is 2.47. The van der Waals surface area contributed by atoms with Crippen LogP contribution in [0.15, 0.2) is 18.2 Å². The Kier molecular flexibility index (Phi) is 2.73. The van der Waals surface area contributed by atoms with Gasteiger partial charge in [-0.2, -0.15) is 0 Å². The van der Waals surface area contributed by atoms with Gasteiger partial charge >= 0.3 is 0 Å². The van der Waals surface area contributed by atoms with Gasteiger partial charge in [0.25, 0.3) is 0 Å². The van der Waals surface area contributed by atoms with Gasteiger partial charge in [-0.05, 0) is 49.4 Å². The minimum atomic E-state index is 0.424. The molecule has 2 N–H and O–H groups in total. The van der Waals surface area contributed by atoms with Crippen LogP contribution in [0.25, 0.3) is 0 Å². The monoisotopic (exact) mass is 191 g/mol. The molecule has 1 saturated heterocycles. The smallest absolute Gasteiger partial charge is 0.118 e.